The minimum Gasteiger partial charge on any atom is -0.310 e. The molecule has 1 aliphatic rings. The van der Waals surface area contributed by atoms with Crippen molar-refractivity contribution in [2.24, 2.45) is 0 Å². The molecule has 0 aliphatic heterocycles. The summed E-state index contributed by atoms with van der Waals surface area (Å²) in [5, 5.41) is 7.72. The van der Waals surface area contributed by atoms with Crippen molar-refractivity contribution < 1.29 is 0 Å². The van der Waals surface area contributed by atoms with Crippen LogP contribution in [0.15, 0.2) is 212 Å². The van der Waals surface area contributed by atoms with E-state index < -0.39 is 0 Å². The molecule has 12 rings (SSSR count). The molecule has 0 saturated heterocycles. The lowest BCUT2D eigenvalue weighted by Crippen LogP contribution is -2.17. The summed E-state index contributed by atoms with van der Waals surface area (Å²) in [6.45, 7) is 4.74. The molecule has 0 radical (unpaired) electrons. The van der Waals surface area contributed by atoms with Gasteiger partial charge in [-0.3, -0.25) is 0 Å². The number of hydrogen-bond acceptors (Lipinski definition) is 2. The maximum atomic E-state index is 2.48. The molecule has 0 fully saturated rings. The van der Waals surface area contributed by atoms with Crippen molar-refractivity contribution in [3.63, 3.8) is 0 Å². The molecule has 1 nitrogen and oxygen atoms in total. The standard InChI is InChI=1S/C59H41NS/c1-59(2)53-24-12-10-21-48(53)49-33-32-43(37-54(49)59)60(42-30-27-39(28-31-42)51-35-40-17-6-7-18-44(40)46-19-8-9-20-47(46)51)55-34-29-41(36-52(55)38-15-4-3-5-16-38)45-23-14-26-57-58(45)50-22-11-13-25-56(50)61-57/h3-37H,1-2H3. The SMILES string of the molecule is CC1(C)c2ccccc2-c2ccc(N(c3ccc(-c4cc5ccccc5c5ccccc45)cc3)c3ccc(-c4cccc5sc6ccccc6c45)cc3-c3ccccc3)cc21. The molecule has 288 valence electrons. The van der Waals surface area contributed by atoms with E-state index in [1.807, 2.05) is 11.3 Å². The van der Waals surface area contributed by atoms with E-state index in [-0.39, 0.29) is 5.41 Å². The van der Waals surface area contributed by atoms with Crippen molar-refractivity contribution in [1.29, 1.82) is 0 Å². The lowest BCUT2D eigenvalue weighted by molar-refractivity contribution is 0.660. The normalized spacial score (nSPS) is 12.9. The van der Waals surface area contributed by atoms with Crippen molar-refractivity contribution in [1.82, 2.24) is 0 Å². The average molecular weight is 796 g/mol. The molecular formula is C59H41NS. The monoisotopic (exact) mass is 795 g/mol. The van der Waals surface area contributed by atoms with Gasteiger partial charge < -0.3 is 4.90 Å². The van der Waals surface area contributed by atoms with Gasteiger partial charge in [0.15, 0.2) is 0 Å². The summed E-state index contributed by atoms with van der Waals surface area (Å²) in [5.74, 6) is 0. The third-order valence-electron chi connectivity index (χ3n) is 13.1. The van der Waals surface area contributed by atoms with Crippen LogP contribution in [0.1, 0.15) is 25.0 Å². The van der Waals surface area contributed by atoms with E-state index in [4.69, 9.17) is 0 Å². The number of thiophene rings is 1. The topological polar surface area (TPSA) is 3.24 Å². The van der Waals surface area contributed by atoms with Crippen LogP contribution in [0.3, 0.4) is 0 Å². The van der Waals surface area contributed by atoms with E-state index in [0.29, 0.717) is 0 Å². The first-order valence-electron chi connectivity index (χ1n) is 21.2. The van der Waals surface area contributed by atoms with Crippen molar-refractivity contribution in [2.75, 3.05) is 4.90 Å². The molecule has 10 aromatic carbocycles. The summed E-state index contributed by atoms with van der Waals surface area (Å²) >= 11 is 1.87. The molecule has 0 saturated carbocycles. The lowest BCUT2D eigenvalue weighted by Gasteiger charge is -2.30. The number of hydrogen-bond donors (Lipinski definition) is 0. The Morgan fingerprint density at radius 3 is 1.84 bits per heavy atom. The van der Waals surface area contributed by atoms with Crippen LogP contribution < -0.4 is 4.90 Å². The first-order chi connectivity index (χ1) is 30.0. The van der Waals surface area contributed by atoms with Gasteiger partial charge in [-0.2, -0.15) is 0 Å². The smallest absolute Gasteiger partial charge is 0.0540 e. The maximum absolute atomic E-state index is 2.48. The minimum absolute atomic E-state index is 0.136. The maximum Gasteiger partial charge on any atom is 0.0540 e. The molecule has 0 amide bonds. The molecule has 1 heterocycles. The Morgan fingerprint density at radius 2 is 0.984 bits per heavy atom. The van der Waals surface area contributed by atoms with Crippen molar-refractivity contribution in [3.05, 3.63) is 223 Å². The van der Waals surface area contributed by atoms with Gasteiger partial charge in [0.2, 0.25) is 0 Å². The van der Waals surface area contributed by atoms with Gasteiger partial charge in [0, 0.05) is 42.5 Å². The zero-order valence-corrected chi connectivity index (χ0v) is 34.9. The second-order valence-corrected chi connectivity index (χ2v) is 17.9. The Hall–Kier alpha value is -7.26. The zero-order valence-electron chi connectivity index (χ0n) is 34.1. The van der Waals surface area contributed by atoms with Crippen LogP contribution in [-0.4, -0.2) is 0 Å². The predicted octanol–water partition coefficient (Wildman–Crippen LogP) is 17.1. The van der Waals surface area contributed by atoms with Crippen molar-refractivity contribution in [2.45, 2.75) is 19.3 Å². The first kappa shape index (κ1) is 35.7. The Morgan fingerprint density at radius 1 is 0.361 bits per heavy atom. The summed E-state index contributed by atoms with van der Waals surface area (Å²) in [6.07, 6.45) is 0. The number of fused-ring (bicyclic) bond motifs is 9. The van der Waals surface area contributed by atoms with Crippen LogP contribution in [0.5, 0.6) is 0 Å². The largest absolute Gasteiger partial charge is 0.310 e. The fourth-order valence-electron chi connectivity index (χ4n) is 10.1. The molecule has 0 bridgehead atoms. The van der Waals surface area contributed by atoms with Crippen LogP contribution in [0.2, 0.25) is 0 Å². The van der Waals surface area contributed by atoms with E-state index in [2.05, 4.69) is 231 Å². The second-order valence-electron chi connectivity index (χ2n) is 16.8. The van der Waals surface area contributed by atoms with E-state index in [1.165, 1.54) is 97.4 Å². The van der Waals surface area contributed by atoms with E-state index in [9.17, 15) is 0 Å². The Balaban J connectivity index is 1.07. The van der Waals surface area contributed by atoms with Gasteiger partial charge in [-0.05, 0) is 126 Å². The average Bonchev–Trinajstić information content (AvgIpc) is 3.81. The predicted molar refractivity (Wildman–Crippen MR) is 263 cm³/mol. The van der Waals surface area contributed by atoms with Gasteiger partial charge in [-0.15, -0.1) is 11.3 Å². The Kier molecular flexibility index (Phi) is 8.13. The lowest BCUT2D eigenvalue weighted by atomic mass is 9.82. The fourth-order valence-corrected chi connectivity index (χ4v) is 11.2. The van der Waals surface area contributed by atoms with Crippen LogP contribution in [0.4, 0.5) is 17.1 Å². The van der Waals surface area contributed by atoms with Crippen LogP contribution in [-0.2, 0) is 5.41 Å². The summed E-state index contributed by atoms with van der Waals surface area (Å²) in [6, 6.07) is 78.8. The van der Waals surface area contributed by atoms with Crippen LogP contribution >= 0.6 is 11.3 Å². The van der Waals surface area contributed by atoms with E-state index >= 15 is 0 Å². The molecule has 0 atom stereocenters. The van der Waals surface area contributed by atoms with Crippen molar-refractivity contribution in [3.8, 4) is 44.5 Å². The van der Waals surface area contributed by atoms with E-state index in [1.54, 1.807) is 0 Å². The molecule has 2 heteroatoms. The van der Waals surface area contributed by atoms with Gasteiger partial charge in [-0.25, -0.2) is 0 Å². The third kappa shape index (κ3) is 5.67. The number of rotatable bonds is 6. The highest BCUT2D eigenvalue weighted by Gasteiger charge is 2.36. The van der Waals surface area contributed by atoms with Crippen LogP contribution in [0.25, 0.3) is 86.2 Å². The second kappa shape index (κ2) is 13.9. The molecule has 0 N–H and O–H groups in total. The number of nitrogens with zero attached hydrogens (tertiary/aromatic N) is 1. The Bertz CT molecular complexity index is 3500. The molecule has 0 spiro atoms. The van der Waals surface area contributed by atoms with Gasteiger partial charge in [0.25, 0.3) is 0 Å². The summed E-state index contributed by atoms with van der Waals surface area (Å²) in [7, 11) is 0. The van der Waals surface area contributed by atoms with Crippen molar-refractivity contribution >= 4 is 70.1 Å². The molecular weight excluding hydrogens is 755 g/mol. The summed E-state index contributed by atoms with van der Waals surface area (Å²) in [5.41, 5.74) is 15.9. The summed E-state index contributed by atoms with van der Waals surface area (Å²) in [4.78, 5) is 2.48. The minimum atomic E-state index is -0.136. The van der Waals surface area contributed by atoms with Gasteiger partial charge in [0.1, 0.15) is 0 Å². The van der Waals surface area contributed by atoms with Gasteiger partial charge in [0.05, 0.1) is 5.69 Å². The van der Waals surface area contributed by atoms with Gasteiger partial charge in [-0.1, -0.05) is 172 Å². The summed E-state index contributed by atoms with van der Waals surface area (Å²) < 4.78 is 2.63. The molecule has 11 aromatic rings. The third-order valence-corrected chi connectivity index (χ3v) is 14.2. The highest BCUT2D eigenvalue weighted by molar-refractivity contribution is 7.25. The van der Waals surface area contributed by atoms with Gasteiger partial charge >= 0.3 is 0 Å². The number of benzene rings is 10. The Labute approximate surface area is 360 Å². The highest BCUT2D eigenvalue weighted by atomic mass is 32.1. The number of anilines is 3. The van der Waals surface area contributed by atoms with E-state index in [0.717, 1.165) is 17.1 Å². The first-order valence-corrected chi connectivity index (χ1v) is 22.0. The molecule has 61 heavy (non-hydrogen) atoms. The molecule has 0 unspecified atom stereocenters. The fraction of sp³-hybridized carbons (Fsp3) is 0.0508. The quantitative estimate of drug-likeness (QED) is 0.152. The van der Waals surface area contributed by atoms with Crippen LogP contribution in [0, 0.1) is 0 Å². The molecule has 1 aromatic heterocycles. The highest BCUT2D eigenvalue weighted by Crippen LogP contribution is 2.52. The molecule has 1 aliphatic carbocycles. The zero-order chi connectivity index (χ0) is 40.7.